The maximum atomic E-state index is 12.9. The monoisotopic (exact) mass is 293 g/mol. The van der Waals surface area contributed by atoms with Crippen LogP contribution in [0.15, 0.2) is 18.2 Å². The molecule has 2 nitrogen and oxygen atoms in total. The van der Waals surface area contributed by atoms with Crippen molar-refractivity contribution < 1.29 is 17.9 Å². The third-order valence-corrected chi connectivity index (χ3v) is 3.68. The van der Waals surface area contributed by atoms with Gasteiger partial charge in [-0.2, -0.15) is 13.2 Å². The molecule has 1 fully saturated rings. The summed E-state index contributed by atoms with van der Waals surface area (Å²) < 4.78 is 44.0. The van der Waals surface area contributed by atoms with Crippen molar-refractivity contribution in [2.45, 2.75) is 25.6 Å². The summed E-state index contributed by atoms with van der Waals surface area (Å²) in [5.41, 5.74) is -0.776. The van der Waals surface area contributed by atoms with Crippen LogP contribution in [0.5, 0.6) is 0 Å². The molecule has 0 amide bonds. The van der Waals surface area contributed by atoms with Crippen LogP contribution in [0.2, 0.25) is 5.02 Å². The van der Waals surface area contributed by atoms with Gasteiger partial charge in [-0.05, 0) is 25.5 Å². The van der Waals surface area contributed by atoms with Crippen LogP contribution in [-0.4, -0.2) is 19.3 Å². The number of rotatable bonds is 3. The first-order chi connectivity index (χ1) is 8.89. The van der Waals surface area contributed by atoms with Gasteiger partial charge in [-0.3, -0.25) is 0 Å². The molecule has 2 atom stereocenters. The van der Waals surface area contributed by atoms with E-state index >= 15 is 0 Å². The van der Waals surface area contributed by atoms with Crippen LogP contribution >= 0.6 is 11.6 Å². The number of alkyl halides is 3. The van der Waals surface area contributed by atoms with Gasteiger partial charge in [0.2, 0.25) is 0 Å². The Hall–Kier alpha value is -0.940. The molecule has 0 spiro atoms. The second-order valence-electron chi connectivity index (χ2n) is 4.72. The molecule has 1 N–H and O–H groups in total. The van der Waals surface area contributed by atoms with E-state index in [-0.39, 0.29) is 22.7 Å². The van der Waals surface area contributed by atoms with E-state index in [4.69, 9.17) is 16.3 Å². The molecule has 1 aromatic carbocycles. The molecule has 106 valence electrons. The second-order valence-corrected chi connectivity index (χ2v) is 5.12. The fraction of sp³-hybridized carbons (Fsp3) is 0.538. The number of ether oxygens (including phenoxy) is 1. The van der Waals surface area contributed by atoms with E-state index in [2.05, 4.69) is 5.32 Å². The number of hydrogen-bond donors (Lipinski definition) is 1. The van der Waals surface area contributed by atoms with E-state index in [1.807, 2.05) is 6.92 Å². The maximum absolute atomic E-state index is 12.9. The van der Waals surface area contributed by atoms with Crippen molar-refractivity contribution >= 4 is 17.3 Å². The van der Waals surface area contributed by atoms with Gasteiger partial charge in [0.15, 0.2) is 0 Å². The average molecular weight is 294 g/mol. The van der Waals surface area contributed by atoms with Crippen LogP contribution in [-0.2, 0) is 10.9 Å². The van der Waals surface area contributed by atoms with Gasteiger partial charge in [0.1, 0.15) is 0 Å². The molecule has 1 saturated heterocycles. The van der Waals surface area contributed by atoms with Crippen LogP contribution in [0.1, 0.15) is 18.9 Å². The molecule has 2 rings (SSSR count). The molecule has 0 aromatic heterocycles. The van der Waals surface area contributed by atoms with Crippen molar-refractivity contribution in [3.63, 3.8) is 0 Å². The number of nitrogens with one attached hydrogen (secondary N) is 1. The Balaban J connectivity index is 2.23. The van der Waals surface area contributed by atoms with Crippen molar-refractivity contribution in [1.29, 1.82) is 0 Å². The predicted octanol–water partition coefficient (Wildman–Crippen LogP) is 4.20. The Kier molecular flexibility index (Phi) is 4.26. The van der Waals surface area contributed by atoms with E-state index in [0.29, 0.717) is 13.2 Å². The quantitative estimate of drug-likeness (QED) is 0.902. The third-order valence-electron chi connectivity index (χ3n) is 3.36. The van der Waals surface area contributed by atoms with E-state index in [1.54, 1.807) is 0 Å². The number of benzene rings is 1. The fourth-order valence-corrected chi connectivity index (χ4v) is 2.43. The van der Waals surface area contributed by atoms with Gasteiger partial charge in [0, 0.05) is 18.6 Å². The van der Waals surface area contributed by atoms with Crippen LogP contribution in [0.3, 0.4) is 0 Å². The number of halogens is 4. The summed E-state index contributed by atoms with van der Waals surface area (Å²) in [7, 11) is 0. The Morgan fingerprint density at radius 1 is 1.42 bits per heavy atom. The molecular weight excluding hydrogens is 279 g/mol. The highest BCUT2D eigenvalue weighted by Gasteiger charge is 2.35. The number of hydrogen-bond acceptors (Lipinski definition) is 2. The lowest BCUT2D eigenvalue weighted by Crippen LogP contribution is -2.27. The third kappa shape index (κ3) is 3.34. The van der Waals surface area contributed by atoms with Crippen LogP contribution in [0.25, 0.3) is 0 Å². The molecule has 1 aromatic rings. The van der Waals surface area contributed by atoms with Crippen molar-refractivity contribution in [2.24, 2.45) is 5.92 Å². The predicted molar refractivity (Wildman–Crippen MR) is 68.5 cm³/mol. The largest absolute Gasteiger partial charge is 0.418 e. The van der Waals surface area contributed by atoms with Crippen molar-refractivity contribution in [3.05, 3.63) is 28.8 Å². The Bertz CT molecular complexity index is 444. The van der Waals surface area contributed by atoms with Crippen molar-refractivity contribution in [1.82, 2.24) is 0 Å². The Morgan fingerprint density at radius 2 is 2.16 bits per heavy atom. The van der Waals surface area contributed by atoms with Crippen LogP contribution in [0.4, 0.5) is 18.9 Å². The Labute approximate surface area is 114 Å². The Morgan fingerprint density at radius 3 is 2.74 bits per heavy atom. The summed E-state index contributed by atoms with van der Waals surface area (Å²) in [4.78, 5) is 0. The normalized spacial score (nSPS) is 21.4. The highest BCUT2D eigenvalue weighted by Crippen LogP contribution is 2.39. The average Bonchev–Trinajstić information content (AvgIpc) is 2.83. The SMILES string of the molecule is CC(Nc1c(Cl)cccc1C(F)(F)F)C1CCOC1. The highest BCUT2D eigenvalue weighted by molar-refractivity contribution is 6.33. The molecule has 0 saturated carbocycles. The van der Waals surface area contributed by atoms with E-state index in [1.165, 1.54) is 12.1 Å². The summed E-state index contributed by atoms with van der Waals surface area (Å²) in [5, 5.41) is 2.98. The standard InChI is InChI=1S/C13H15ClF3NO/c1-8(9-5-6-19-7-9)18-12-10(13(15,16)17)3-2-4-11(12)14/h2-4,8-9,18H,5-7H2,1H3. The molecule has 1 aliphatic heterocycles. The van der Waals surface area contributed by atoms with E-state index in [0.717, 1.165) is 12.5 Å². The summed E-state index contributed by atoms with van der Waals surface area (Å²) in [6, 6.07) is 3.67. The number of anilines is 1. The van der Waals surface area contributed by atoms with Crippen molar-refractivity contribution in [3.8, 4) is 0 Å². The summed E-state index contributed by atoms with van der Waals surface area (Å²) in [6.45, 7) is 3.08. The minimum absolute atomic E-state index is 0.0453. The van der Waals surface area contributed by atoms with Gasteiger partial charge in [0.25, 0.3) is 0 Å². The van der Waals surface area contributed by atoms with Gasteiger partial charge in [0.05, 0.1) is 22.9 Å². The molecule has 0 aliphatic carbocycles. The first-order valence-corrected chi connectivity index (χ1v) is 6.47. The van der Waals surface area contributed by atoms with Gasteiger partial charge in [-0.1, -0.05) is 17.7 Å². The minimum atomic E-state index is -4.42. The first-order valence-electron chi connectivity index (χ1n) is 6.09. The molecule has 0 bridgehead atoms. The summed E-state index contributed by atoms with van der Waals surface area (Å²) in [6.07, 6.45) is -3.57. The zero-order valence-corrected chi connectivity index (χ0v) is 11.2. The lowest BCUT2D eigenvalue weighted by molar-refractivity contribution is -0.137. The molecule has 6 heteroatoms. The second kappa shape index (κ2) is 5.59. The van der Waals surface area contributed by atoms with Gasteiger partial charge < -0.3 is 10.1 Å². The summed E-state index contributed by atoms with van der Waals surface area (Å²) >= 11 is 5.89. The molecule has 19 heavy (non-hydrogen) atoms. The molecule has 0 radical (unpaired) electrons. The maximum Gasteiger partial charge on any atom is 0.418 e. The van der Waals surface area contributed by atoms with Crippen molar-refractivity contribution in [2.75, 3.05) is 18.5 Å². The molecule has 1 aliphatic rings. The topological polar surface area (TPSA) is 21.3 Å². The van der Waals surface area contributed by atoms with Gasteiger partial charge in [-0.25, -0.2) is 0 Å². The zero-order chi connectivity index (χ0) is 14.0. The minimum Gasteiger partial charge on any atom is -0.381 e. The number of para-hydroxylation sites is 1. The highest BCUT2D eigenvalue weighted by atomic mass is 35.5. The zero-order valence-electron chi connectivity index (χ0n) is 10.4. The van der Waals surface area contributed by atoms with E-state index in [9.17, 15) is 13.2 Å². The fourth-order valence-electron chi connectivity index (χ4n) is 2.20. The molecule has 1 heterocycles. The lowest BCUT2D eigenvalue weighted by atomic mass is 10.00. The summed E-state index contributed by atoms with van der Waals surface area (Å²) in [5.74, 6) is 0.206. The van der Waals surface area contributed by atoms with E-state index < -0.39 is 11.7 Å². The molecular formula is C13H15ClF3NO. The smallest absolute Gasteiger partial charge is 0.381 e. The van der Waals surface area contributed by atoms with Gasteiger partial charge in [-0.15, -0.1) is 0 Å². The van der Waals surface area contributed by atoms with Gasteiger partial charge >= 0.3 is 6.18 Å². The van der Waals surface area contributed by atoms with Crippen LogP contribution < -0.4 is 5.32 Å². The first kappa shape index (κ1) is 14.5. The molecule has 2 unspecified atom stereocenters. The van der Waals surface area contributed by atoms with Crippen LogP contribution in [0, 0.1) is 5.92 Å². The lowest BCUT2D eigenvalue weighted by Gasteiger charge is -2.23.